The van der Waals surface area contributed by atoms with Gasteiger partial charge in [0.1, 0.15) is 5.82 Å². The molecule has 0 aliphatic carbocycles. The molecule has 0 amide bonds. The first kappa shape index (κ1) is 13.6. The van der Waals surface area contributed by atoms with E-state index < -0.39 is 5.97 Å². The predicted octanol–water partition coefficient (Wildman–Crippen LogP) is 4.46. The molecule has 0 unspecified atom stereocenters. The van der Waals surface area contributed by atoms with Gasteiger partial charge in [-0.1, -0.05) is 23.7 Å². The van der Waals surface area contributed by atoms with E-state index in [2.05, 4.69) is 0 Å². The number of rotatable bonds is 2. The molecule has 0 spiro atoms. The quantitative estimate of drug-likeness (QED) is 0.880. The Morgan fingerprint density at radius 2 is 1.89 bits per heavy atom. The summed E-state index contributed by atoms with van der Waals surface area (Å²) >= 11 is 6.05. The monoisotopic (exact) mass is 278 g/mol. The molecule has 0 aromatic heterocycles. The molecule has 0 fully saturated rings. The number of aryl methyl sites for hydroxylation is 1. The van der Waals surface area contributed by atoms with Crippen molar-refractivity contribution < 1.29 is 14.3 Å². The first-order chi connectivity index (χ1) is 8.91. The van der Waals surface area contributed by atoms with Crippen molar-refractivity contribution in [3.63, 3.8) is 0 Å². The fourth-order valence-corrected chi connectivity index (χ4v) is 2.27. The van der Waals surface area contributed by atoms with Crippen LogP contribution in [0.3, 0.4) is 0 Å². The van der Waals surface area contributed by atoms with Crippen LogP contribution in [0.4, 0.5) is 4.39 Å². The van der Waals surface area contributed by atoms with Crippen LogP contribution in [0, 0.1) is 19.7 Å². The SMILES string of the molecule is Cc1cc(-c2cccc(C(=O)O)c2C)c(Cl)cc1F. The average Bonchev–Trinajstić information content (AvgIpc) is 2.34. The van der Waals surface area contributed by atoms with Gasteiger partial charge in [0.05, 0.1) is 10.6 Å². The lowest BCUT2D eigenvalue weighted by Crippen LogP contribution is -2.01. The first-order valence-corrected chi connectivity index (χ1v) is 6.08. The summed E-state index contributed by atoms with van der Waals surface area (Å²) in [5.74, 6) is -1.37. The van der Waals surface area contributed by atoms with E-state index in [9.17, 15) is 9.18 Å². The molecule has 0 bridgehead atoms. The Morgan fingerprint density at radius 1 is 1.21 bits per heavy atom. The summed E-state index contributed by atoms with van der Waals surface area (Å²) in [7, 11) is 0. The smallest absolute Gasteiger partial charge is 0.335 e. The zero-order valence-electron chi connectivity index (χ0n) is 10.5. The lowest BCUT2D eigenvalue weighted by Gasteiger charge is -2.11. The molecule has 2 aromatic carbocycles. The van der Waals surface area contributed by atoms with E-state index in [0.717, 1.165) is 0 Å². The lowest BCUT2D eigenvalue weighted by atomic mass is 9.95. The standard InChI is InChI=1S/C15H12ClFO2/c1-8-6-12(13(16)7-14(8)17)10-4-3-5-11(9(10)2)15(18)19/h3-7H,1-2H3,(H,18,19). The fraction of sp³-hybridized carbons (Fsp3) is 0.133. The van der Waals surface area contributed by atoms with E-state index >= 15 is 0 Å². The topological polar surface area (TPSA) is 37.3 Å². The van der Waals surface area contributed by atoms with E-state index in [1.807, 2.05) is 0 Å². The van der Waals surface area contributed by atoms with Gasteiger partial charge in [-0.2, -0.15) is 0 Å². The number of aromatic carboxylic acids is 1. The summed E-state index contributed by atoms with van der Waals surface area (Å²) in [6, 6.07) is 7.84. The third-order valence-corrected chi connectivity index (χ3v) is 3.42. The Morgan fingerprint density at radius 3 is 2.53 bits per heavy atom. The molecule has 0 saturated carbocycles. The third-order valence-electron chi connectivity index (χ3n) is 3.10. The summed E-state index contributed by atoms with van der Waals surface area (Å²) in [5, 5.41) is 9.38. The summed E-state index contributed by atoms with van der Waals surface area (Å²) in [6.45, 7) is 3.36. The van der Waals surface area contributed by atoms with Crippen molar-refractivity contribution in [3.8, 4) is 11.1 Å². The molecule has 2 nitrogen and oxygen atoms in total. The Hall–Kier alpha value is -1.87. The second-order valence-corrected chi connectivity index (χ2v) is 4.77. The molecule has 98 valence electrons. The van der Waals surface area contributed by atoms with Gasteiger partial charge in [0, 0.05) is 5.56 Å². The minimum atomic E-state index is -0.991. The zero-order chi connectivity index (χ0) is 14.2. The summed E-state index contributed by atoms with van der Waals surface area (Å²) in [5.41, 5.74) is 2.65. The number of halogens is 2. The number of carboxylic acids is 1. The van der Waals surface area contributed by atoms with Crippen LogP contribution in [0.25, 0.3) is 11.1 Å². The van der Waals surface area contributed by atoms with Crippen LogP contribution in [-0.2, 0) is 0 Å². The van der Waals surface area contributed by atoms with E-state index in [1.165, 1.54) is 12.1 Å². The highest BCUT2D eigenvalue weighted by atomic mass is 35.5. The van der Waals surface area contributed by atoms with Crippen molar-refractivity contribution in [3.05, 3.63) is 57.9 Å². The molecule has 0 atom stereocenters. The van der Waals surface area contributed by atoms with Crippen molar-refractivity contribution >= 4 is 17.6 Å². The van der Waals surface area contributed by atoms with Crippen molar-refractivity contribution in [2.75, 3.05) is 0 Å². The van der Waals surface area contributed by atoms with Crippen LogP contribution in [0.15, 0.2) is 30.3 Å². The van der Waals surface area contributed by atoms with E-state index in [4.69, 9.17) is 16.7 Å². The maximum absolute atomic E-state index is 13.4. The second-order valence-electron chi connectivity index (χ2n) is 4.36. The molecule has 2 rings (SSSR count). The highest BCUT2D eigenvalue weighted by Crippen LogP contribution is 2.33. The van der Waals surface area contributed by atoms with Gasteiger partial charge >= 0.3 is 5.97 Å². The van der Waals surface area contributed by atoms with Crippen LogP contribution < -0.4 is 0 Å². The third kappa shape index (κ3) is 2.47. The highest BCUT2D eigenvalue weighted by molar-refractivity contribution is 6.33. The summed E-state index contributed by atoms with van der Waals surface area (Å²) in [4.78, 5) is 11.1. The van der Waals surface area contributed by atoms with Crippen LogP contribution in [0.5, 0.6) is 0 Å². The van der Waals surface area contributed by atoms with Crippen LogP contribution in [0.1, 0.15) is 21.5 Å². The first-order valence-electron chi connectivity index (χ1n) is 5.70. The minimum absolute atomic E-state index is 0.218. The molecule has 2 aromatic rings. The normalized spacial score (nSPS) is 10.5. The predicted molar refractivity (Wildman–Crippen MR) is 73.3 cm³/mol. The lowest BCUT2D eigenvalue weighted by molar-refractivity contribution is 0.0696. The molecule has 0 aliphatic rings. The molecule has 4 heteroatoms. The van der Waals surface area contributed by atoms with Crippen molar-refractivity contribution in [1.29, 1.82) is 0 Å². The molecule has 19 heavy (non-hydrogen) atoms. The molecule has 0 radical (unpaired) electrons. The summed E-state index contributed by atoms with van der Waals surface area (Å²) < 4.78 is 13.4. The van der Waals surface area contributed by atoms with Gasteiger partial charge in [0.15, 0.2) is 0 Å². The number of hydrogen-bond acceptors (Lipinski definition) is 1. The average molecular weight is 279 g/mol. The van der Waals surface area contributed by atoms with Gasteiger partial charge in [-0.15, -0.1) is 0 Å². The molecular weight excluding hydrogens is 267 g/mol. The Kier molecular flexibility index (Phi) is 3.58. The van der Waals surface area contributed by atoms with E-state index in [0.29, 0.717) is 22.3 Å². The molecule has 1 N–H and O–H groups in total. The number of benzene rings is 2. The van der Waals surface area contributed by atoms with Crippen molar-refractivity contribution in [2.45, 2.75) is 13.8 Å². The van der Waals surface area contributed by atoms with Gasteiger partial charge in [-0.25, -0.2) is 9.18 Å². The van der Waals surface area contributed by atoms with Gasteiger partial charge in [-0.05, 0) is 48.7 Å². The Labute approximate surface area is 115 Å². The second kappa shape index (κ2) is 5.02. The molecule has 0 saturated heterocycles. The highest BCUT2D eigenvalue weighted by Gasteiger charge is 2.14. The van der Waals surface area contributed by atoms with Gasteiger partial charge in [-0.3, -0.25) is 0 Å². The maximum Gasteiger partial charge on any atom is 0.335 e. The molecule has 0 aliphatic heterocycles. The minimum Gasteiger partial charge on any atom is -0.478 e. The van der Waals surface area contributed by atoms with Crippen molar-refractivity contribution in [2.24, 2.45) is 0 Å². The van der Waals surface area contributed by atoms with E-state index in [-0.39, 0.29) is 16.4 Å². The molecule has 0 heterocycles. The van der Waals surface area contributed by atoms with Crippen LogP contribution in [-0.4, -0.2) is 11.1 Å². The summed E-state index contributed by atoms with van der Waals surface area (Å²) in [6.07, 6.45) is 0. The van der Waals surface area contributed by atoms with Crippen LogP contribution in [0.2, 0.25) is 5.02 Å². The van der Waals surface area contributed by atoms with Gasteiger partial charge in [0.2, 0.25) is 0 Å². The maximum atomic E-state index is 13.4. The fourth-order valence-electron chi connectivity index (χ4n) is 2.02. The number of carboxylic acid groups (broad SMARTS) is 1. The van der Waals surface area contributed by atoms with Gasteiger partial charge in [0.25, 0.3) is 0 Å². The Bertz CT molecular complexity index is 665. The van der Waals surface area contributed by atoms with Gasteiger partial charge < -0.3 is 5.11 Å². The zero-order valence-corrected chi connectivity index (χ0v) is 11.3. The Balaban J connectivity index is 2.69. The number of hydrogen-bond donors (Lipinski definition) is 1. The molecular formula is C15H12ClFO2. The van der Waals surface area contributed by atoms with Crippen molar-refractivity contribution in [1.82, 2.24) is 0 Å². The largest absolute Gasteiger partial charge is 0.478 e. The van der Waals surface area contributed by atoms with E-state index in [1.54, 1.807) is 32.0 Å². The van der Waals surface area contributed by atoms with Crippen LogP contribution >= 0.6 is 11.6 Å². The number of carbonyl (C=O) groups is 1.